The van der Waals surface area contributed by atoms with Crippen molar-refractivity contribution in [3.8, 4) is 0 Å². The van der Waals surface area contributed by atoms with Gasteiger partial charge in [0.1, 0.15) is 0 Å². The molecule has 0 amide bonds. The Balaban J connectivity index is 0.00000184. The Kier molecular flexibility index (Phi) is 19.6. The van der Waals surface area contributed by atoms with Crippen molar-refractivity contribution in [2.24, 2.45) is 11.8 Å². The summed E-state index contributed by atoms with van der Waals surface area (Å²) in [7, 11) is 0. The normalized spacial score (nSPS) is 12.3. The molecule has 0 aliphatic carbocycles. The van der Waals surface area contributed by atoms with E-state index in [-0.39, 0.29) is 11.9 Å². The molecular formula is C29H50O4. The monoisotopic (exact) mass is 462 g/mol. The highest BCUT2D eigenvalue weighted by Gasteiger charge is 2.15. The molecule has 2 atom stereocenters. The summed E-state index contributed by atoms with van der Waals surface area (Å²) in [5.41, 5.74) is 0.938. The van der Waals surface area contributed by atoms with Crippen LogP contribution in [0.2, 0.25) is 0 Å². The van der Waals surface area contributed by atoms with Crippen LogP contribution in [-0.2, 0) is 9.47 Å². The third-order valence-electron chi connectivity index (χ3n) is 6.05. The van der Waals surface area contributed by atoms with Crippen LogP contribution < -0.4 is 0 Å². The first-order valence-corrected chi connectivity index (χ1v) is 13.4. The van der Waals surface area contributed by atoms with Gasteiger partial charge in [0.25, 0.3) is 0 Å². The number of carbonyl (C=O) groups is 2. The Labute approximate surface area is 203 Å². The SMILES string of the molecule is CCCCC.CCCCC(CC)COC(=O)c1ccc(C(=O)OCC(CC)CCCC)cc1. The fourth-order valence-electron chi connectivity index (χ4n) is 3.45. The molecule has 0 fully saturated rings. The minimum absolute atomic E-state index is 0.333. The maximum atomic E-state index is 12.2. The van der Waals surface area contributed by atoms with Crippen LogP contribution in [0.25, 0.3) is 0 Å². The Morgan fingerprint density at radius 1 is 0.606 bits per heavy atom. The average molecular weight is 463 g/mol. The molecular weight excluding hydrogens is 412 g/mol. The molecule has 0 aromatic heterocycles. The first-order chi connectivity index (χ1) is 16.0. The summed E-state index contributed by atoms with van der Waals surface area (Å²) >= 11 is 0. The second kappa shape index (κ2) is 20.7. The van der Waals surface area contributed by atoms with Gasteiger partial charge in [-0.1, -0.05) is 99.3 Å². The van der Waals surface area contributed by atoms with E-state index >= 15 is 0 Å². The average Bonchev–Trinajstić information content (AvgIpc) is 2.85. The van der Waals surface area contributed by atoms with Gasteiger partial charge in [-0.25, -0.2) is 9.59 Å². The smallest absolute Gasteiger partial charge is 0.338 e. The van der Waals surface area contributed by atoms with Crippen LogP contribution in [0, 0.1) is 11.8 Å². The number of hydrogen-bond acceptors (Lipinski definition) is 4. The molecule has 0 heterocycles. The number of ether oxygens (including phenoxy) is 2. The van der Waals surface area contributed by atoms with E-state index in [0.29, 0.717) is 36.2 Å². The summed E-state index contributed by atoms with van der Waals surface area (Å²) in [5, 5.41) is 0. The first-order valence-electron chi connectivity index (χ1n) is 13.4. The van der Waals surface area contributed by atoms with E-state index in [1.165, 1.54) is 19.3 Å². The Bertz CT molecular complexity index is 556. The Morgan fingerprint density at radius 2 is 0.939 bits per heavy atom. The molecule has 190 valence electrons. The lowest BCUT2D eigenvalue weighted by molar-refractivity contribution is 0.0414. The highest BCUT2D eigenvalue weighted by atomic mass is 16.5. The topological polar surface area (TPSA) is 52.6 Å². The van der Waals surface area contributed by atoms with E-state index in [0.717, 1.165) is 51.4 Å². The van der Waals surface area contributed by atoms with Crippen LogP contribution >= 0.6 is 0 Å². The van der Waals surface area contributed by atoms with Gasteiger partial charge in [-0.3, -0.25) is 0 Å². The van der Waals surface area contributed by atoms with Gasteiger partial charge in [0, 0.05) is 0 Å². The van der Waals surface area contributed by atoms with Gasteiger partial charge in [-0.05, 0) is 48.9 Å². The highest BCUT2D eigenvalue weighted by molar-refractivity contribution is 5.93. The summed E-state index contributed by atoms with van der Waals surface area (Å²) in [6, 6.07) is 6.56. The number of carbonyl (C=O) groups excluding carboxylic acids is 2. The molecule has 2 unspecified atom stereocenters. The lowest BCUT2D eigenvalue weighted by atomic mass is 10.0. The summed E-state index contributed by atoms with van der Waals surface area (Å²) in [5.74, 6) is 0.163. The maximum absolute atomic E-state index is 12.2. The second-order valence-corrected chi connectivity index (χ2v) is 8.96. The van der Waals surface area contributed by atoms with Crippen molar-refractivity contribution in [3.05, 3.63) is 35.4 Å². The Hall–Kier alpha value is -1.84. The van der Waals surface area contributed by atoms with Gasteiger partial charge >= 0.3 is 11.9 Å². The lowest BCUT2D eigenvalue weighted by Crippen LogP contribution is -2.15. The van der Waals surface area contributed by atoms with E-state index in [1.54, 1.807) is 24.3 Å². The molecule has 0 N–H and O–H groups in total. The van der Waals surface area contributed by atoms with Gasteiger partial charge < -0.3 is 9.47 Å². The van der Waals surface area contributed by atoms with Crippen molar-refractivity contribution in [2.75, 3.05) is 13.2 Å². The first kappa shape index (κ1) is 31.2. The molecule has 1 rings (SSSR count). The molecule has 33 heavy (non-hydrogen) atoms. The van der Waals surface area contributed by atoms with Gasteiger partial charge in [0.15, 0.2) is 0 Å². The summed E-state index contributed by atoms with van der Waals surface area (Å²) in [6.45, 7) is 13.9. The summed E-state index contributed by atoms with van der Waals surface area (Å²) in [4.78, 5) is 24.5. The third-order valence-corrected chi connectivity index (χ3v) is 6.05. The van der Waals surface area contributed by atoms with Crippen LogP contribution in [0.4, 0.5) is 0 Å². The minimum atomic E-state index is -0.333. The maximum Gasteiger partial charge on any atom is 0.338 e. The van der Waals surface area contributed by atoms with Gasteiger partial charge in [-0.2, -0.15) is 0 Å². The molecule has 0 aliphatic rings. The van der Waals surface area contributed by atoms with Crippen LogP contribution in [0.3, 0.4) is 0 Å². The van der Waals surface area contributed by atoms with Crippen LogP contribution in [0.1, 0.15) is 133 Å². The summed E-state index contributed by atoms with van der Waals surface area (Å²) in [6.07, 6.45) is 12.9. The van der Waals surface area contributed by atoms with Crippen molar-refractivity contribution in [1.29, 1.82) is 0 Å². The Morgan fingerprint density at radius 3 is 1.18 bits per heavy atom. The molecule has 0 saturated carbocycles. The third kappa shape index (κ3) is 14.8. The number of rotatable bonds is 16. The van der Waals surface area contributed by atoms with Crippen molar-refractivity contribution in [3.63, 3.8) is 0 Å². The van der Waals surface area contributed by atoms with Gasteiger partial charge in [0.2, 0.25) is 0 Å². The molecule has 0 spiro atoms. The highest BCUT2D eigenvalue weighted by Crippen LogP contribution is 2.16. The molecule has 0 bridgehead atoms. The second-order valence-electron chi connectivity index (χ2n) is 8.96. The van der Waals surface area contributed by atoms with E-state index in [4.69, 9.17) is 9.47 Å². The van der Waals surface area contributed by atoms with Crippen molar-refractivity contribution in [2.45, 2.75) is 112 Å². The van der Waals surface area contributed by atoms with Crippen LogP contribution in [-0.4, -0.2) is 25.2 Å². The summed E-state index contributed by atoms with van der Waals surface area (Å²) < 4.78 is 10.9. The molecule has 0 saturated heterocycles. The minimum Gasteiger partial charge on any atom is -0.462 e. The van der Waals surface area contributed by atoms with E-state index in [9.17, 15) is 9.59 Å². The lowest BCUT2D eigenvalue weighted by Gasteiger charge is -2.15. The fraction of sp³-hybridized carbons (Fsp3) is 0.724. The van der Waals surface area contributed by atoms with E-state index < -0.39 is 0 Å². The van der Waals surface area contributed by atoms with E-state index in [2.05, 4.69) is 41.5 Å². The number of esters is 2. The van der Waals surface area contributed by atoms with Gasteiger partial charge in [-0.15, -0.1) is 0 Å². The molecule has 1 aromatic rings. The predicted octanol–water partition coefficient (Wildman–Crippen LogP) is 8.63. The van der Waals surface area contributed by atoms with Crippen molar-refractivity contribution in [1.82, 2.24) is 0 Å². The molecule has 1 aromatic carbocycles. The molecule has 0 radical (unpaired) electrons. The quantitative estimate of drug-likeness (QED) is 0.231. The van der Waals surface area contributed by atoms with Crippen molar-refractivity contribution < 1.29 is 19.1 Å². The van der Waals surface area contributed by atoms with Gasteiger partial charge in [0.05, 0.1) is 24.3 Å². The number of benzene rings is 1. The zero-order chi connectivity index (χ0) is 24.9. The number of hydrogen-bond donors (Lipinski definition) is 0. The van der Waals surface area contributed by atoms with Crippen LogP contribution in [0.15, 0.2) is 24.3 Å². The standard InChI is InChI=1S/C24H38O4.C5H12/c1-5-9-11-19(7-3)17-27-23(25)21-13-15-22(16-14-21)24(26)28-18-20(8-4)12-10-6-2;1-3-5-4-2/h13-16,19-20H,5-12,17-18H2,1-4H3;3-5H2,1-2H3. The van der Waals surface area contributed by atoms with Crippen LogP contribution in [0.5, 0.6) is 0 Å². The predicted molar refractivity (Wildman–Crippen MR) is 139 cm³/mol. The molecule has 0 aliphatic heterocycles. The largest absolute Gasteiger partial charge is 0.462 e. The molecule has 4 heteroatoms. The zero-order valence-electron chi connectivity index (χ0n) is 22.3. The fourth-order valence-corrected chi connectivity index (χ4v) is 3.45. The van der Waals surface area contributed by atoms with E-state index in [1.807, 2.05) is 0 Å². The zero-order valence-corrected chi connectivity index (χ0v) is 22.3. The molecule has 4 nitrogen and oxygen atoms in total. The van der Waals surface area contributed by atoms with Crippen molar-refractivity contribution >= 4 is 11.9 Å². The number of unbranched alkanes of at least 4 members (excludes halogenated alkanes) is 4.